The Morgan fingerprint density at radius 2 is 1.84 bits per heavy atom. The first-order valence-corrected chi connectivity index (χ1v) is 11.0. The molecule has 0 radical (unpaired) electrons. The molecule has 2 aromatic heterocycles. The summed E-state index contributed by atoms with van der Waals surface area (Å²) in [5.74, 6) is 1.46. The van der Waals surface area contributed by atoms with Gasteiger partial charge in [-0.1, -0.05) is 23.4 Å². The topological polar surface area (TPSA) is 106 Å². The lowest BCUT2D eigenvalue weighted by atomic mass is 9.80. The molecule has 2 aliphatic heterocycles. The van der Waals surface area contributed by atoms with Crippen LogP contribution in [0.5, 0.6) is 0 Å². The van der Waals surface area contributed by atoms with Gasteiger partial charge in [-0.05, 0) is 50.7 Å². The summed E-state index contributed by atoms with van der Waals surface area (Å²) < 4.78 is 7.13. The van der Waals surface area contributed by atoms with E-state index in [4.69, 9.17) is 4.52 Å². The predicted octanol–water partition coefficient (Wildman–Crippen LogP) is 3.00. The number of nitrogens with zero attached hydrogens (tertiary/aromatic N) is 5. The molecule has 0 aliphatic carbocycles. The van der Waals surface area contributed by atoms with E-state index < -0.39 is 0 Å². The Hall–Kier alpha value is -3.49. The molecule has 1 unspecified atom stereocenters. The minimum Gasteiger partial charge on any atom is -0.361 e. The zero-order valence-electron chi connectivity index (χ0n) is 18.3. The van der Waals surface area contributed by atoms with Crippen molar-refractivity contribution >= 4 is 17.5 Å². The summed E-state index contributed by atoms with van der Waals surface area (Å²) >= 11 is 0. The highest BCUT2D eigenvalue weighted by Gasteiger charge is 2.42. The van der Waals surface area contributed by atoms with Crippen LogP contribution in [0.3, 0.4) is 0 Å². The van der Waals surface area contributed by atoms with E-state index in [0.717, 1.165) is 37.2 Å². The van der Waals surface area contributed by atoms with E-state index in [1.54, 1.807) is 13.8 Å². The summed E-state index contributed by atoms with van der Waals surface area (Å²) in [5, 5.41) is 15.3. The number of aryl methyl sites for hydroxylation is 3. The van der Waals surface area contributed by atoms with Crippen molar-refractivity contribution in [2.45, 2.75) is 46.1 Å². The molecule has 0 saturated carbocycles. The molecule has 0 bridgehead atoms. The highest BCUT2D eigenvalue weighted by Crippen LogP contribution is 2.41. The molecule has 3 aromatic rings. The van der Waals surface area contributed by atoms with E-state index in [1.807, 2.05) is 39.8 Å². The minimum absolute atomic E-state index is 0.00953. The third kappa shape index (κ3) is 3.57. The zero-order valence-corrected chi connectivity index (χ0v) is 18.3. The van der Waals surface area contributed by atoms with Crippen LogP contribution in [-0.4, -0.2) is 49.7 Å². The normalized spacial score (nSPS) is 20.2. The molecular formula is C23H26N6O3. The van der Waals surface area contributed by atoms with Gasteiger partial charge >= 0.3 is 0 Å². The van der Waals surface area contributed by atoms with Gasteiger partial charge in [0.05, 0.1) is 5.69 Å². The SMILES string of the molecule is Cc1noc(C)c1C(=O)N1CCC2(CCc3nnc(C(=O)Nc4ccccc4)n3CC2)C1. The lowest BCUT2D eigenvalue weighted by Crippen LogP contribution is -2.33. The highest BCUT2D eigenvalue weighted by atomic mass is 16.5. The van der Waals surface area contributed by atoms with Gasteiger partial charge in [0.15, 0.2) is 0 Å². The molecular weight excluding hydrogens is 408 g/mol. The quantitative estimate of drug-likeness (QED) is 0.679. The first kappa shape index (κ1) is 20.4. The van der Waals surface area contributed by atoms with Crippen molar-refractivity contribution in [3.05, 3.63) is 59.0 Å². The minimum atomic E-state index is -0.257. The van der Waals surface area contributed by atoms with Gasteiger partial charge in [-0.15, -0.1) is 10.2 Å². The second-order valence-electron chi connectivity index (χ2n) is 8.84. The van der Waals surface area contributed by atoms with Crippen molar-refractivity contribution in [3.63, 3.8) is 0 Å². The van der Waals surface area contributed by atoms with Gasteiger partial charge < -0.3 is 19.3 Å². The van der Waals surface area contributed by atoms with E-state index in [1.165, 1.54) is 0 Å². The molecule has 166 valence electrons. The number of hydrogen-bond acceptors (Lipinski definition) is 6. The molecule has 9 heteroatoms. The molecule has 1 N–H and O–H groups in total. The standard InChI is InChI=1S/C23H26N6O3/c1-15-19(16(2)32-27-15)22(31)28-12-10-23(14-28)9-8-18-25-26-20(29(18)13-11-23)21(30)24-17-6-4-3-5-7-17/h3-7H,8-14H2,1-2H3,(H,24,30). The van der Waals surface area contributed by atoms with Crippen LogP contribution in [0.25, 0.3) is 0 Å². The second-order valence-corrected chi connectivity index (χ2v) is 8.84. The maximum Gasteiger partial charge on any atom is 0.293 e. The summed E-state index contributed by atoms with van der Waals surface area (Å²) in [4.78, 5) is 27.8. The molecule has 2 aliphatic rings. The molecule has 1 spiro atoms. The van der Waals surface area contributed by atoms with E-state index in [2.05, 4.69) is 20.7 Å². The number of fused-ring (bicyclic) bond motifs is 1. The Morgan fingerprint density at radius 3 is 2.59 bits per heavy atom. The third-order valence-electron chi connectivity index (χ3n) is 6.78. The fraction of sp³-hybridized carbons (Fsp3) is 0.435. The summed E-state index contributed by atoms with van der Waals surface area (Å²) in [7, 11) is 0. The summed E-state index contributed by atoms with van der Waals surface area (Å²) in [6.07, 6.45) is 3.46. The van der Waals surface area contributed by atoms with Gasteiger partial charge in [-0.25, -0.2) is 0 Å². The lowest BCUT2D eigenvalue weighted by Gasteiger charge is -2.27. The first-order valence-electron chi connectivity index (χ1n) is 11.0. The smallest absolute Gasteiger partial charge is 0.293 e. The number of carbonyl (C=O) groups is 2. The average Bonchev–Trinajstić information content (AvgIpc) is 3.45. The fourth-order valence-electron chi connectivity index (χ4n) is 4.95. The van der Waals surface area contributed by atoms with Crippen LogP contribution in [0, 0.1) is 19.3 Å². The Balaban J connectivity index is 1.30. The molecule has 1 saturated heterocycles. The van der Waals surface area contributed by atoms with Crippen molar-refractivity contribution in [2.24, 2.45) is 5.41 Å². The monoisotopic (exact) mass is 434 g/mol. The van der Waals surface area contributed by atoms with Gasteiger partial charge in [0.1, 0.15) is 17.1 Å². The van der Waals surface area contributed by atoms with Gasteiger partial charge in [-0.3, -0.25) is 9.59 Å². The number of likely N-dealkylation sites (tertiary alicyclic amines) is 1. The number of carbonyl (C=O) groups excluding carboxylic acids is 2. The van der Waals surface area contributed by atoms with Gasteiger partial charge in [-0.2, -0.15) is 0 Å². The Kier molecular flexibility index (Phi) is 5.03. The summed E-state index contributed by atoms with van der Waals surface area (Å²) in [6.45, 7) is 5.64. The Labute approximate surface area is 185 Å². The van der Waals surface area contributed by atoms with Crippen molar-refractivity contribution < 1.29 is 14.1 Å². The summed E-state index contributed by atoms with van der Waals surface area (Å²) in [5.41, 5.74) is 1.95. The summed E-state index contributed by atoms with van der Waals surface area (Å²) in [6, 6.07) is 9.34. The number of anilines is 1. The maximum absolute atomic E-state index is 13.1. The van der Waals surface area contributed by atoms with Crippen LogP contribution in [-0.2, 0) is 13.0 Å². The molecule has 32 heavy (non-hydrogen) atoms. The predicted molar refractivity (Wildman–Crippen MR) is 116 cm³/mol. The highest BCUT2D eigenvalue weighted by molar-refractivity contribution is 6.01. The third-order valence-corrected chi connectivity index (χ3v) is 6.78. The Bertz CT molecular complexity index is 1150. The van der Waals surface area contributed by atoms with Crippen LogP contribution >= 0.6 is 0 Å². The number of para-hydroxylation sites is 1. The molecule has 9 nitrogen and oxygen atoms in total. The van der Waals surface area contributed by atoms with E-state index >= 15 is 0 Å². The van der Waals surface area contributed by atoms with Gasteiger partial charge in [0.25, 0.3) is 11.8 Å². The van der Waals surface area contributed by atoms with Crippen LogP contribution in [0.15, 0.2) is 34.9 Å². The van der Waals surface area contributed by atoms with Crippen LogP contribution in [0.2, 0.25) is 0 Å². The maximum atomic E-state index is 13.1. The number of hydrogen-bond donors (Lipinski definition) is 1. The van der Waals surface area contributed by atoms with E-state index in [-0.39, 0.29) is 17.2 Å². The molecule has 1 atom stereocenters. The Morgan fingerprint density at radius 1 is 1.06 bits per heavy atom. The molecule has 1 fully saturated rings. The number of nitrogens with one attached hydrogen (secondary N) is 1. The van der Waals surface area contributed by atoms with Crippen molar-refractivity contribution in [1.82, 2.24) is 24.8 Å². The molecule has 2 amide bonds. The number of benzene rings is 1. The fourth-order valence-corrected chi connectivity index (χ4v) is 4.95. The van der Waals surface area contributed by atoms with Gasteiger partial charge in [0.2, 0.25) is 5.82 Å². The number of rotatable bonds is 3. The molecule has 5 rings (SSSR count). The van der Waals surface area contributed by atoms with E-state index in [0.29, 0.717) is 42.5 Å². The molecule has 4 heterocycles. The number of amides is 2. The average molecular weight is 435 g/mol. The van der Waals surface area contributed by atoms with Gasteiger partial charge in [0, 0.05) is 31.7 Å². The van der Waals surface area contributed by atoms with Crippen LogP contribution in [0.1, 0.15) is 57.5 Å². The van der Waals surface area contributed by atoms with E-state index in [9.17, 15) is 9.59 Å². The largest absolute Gasteiger partial charge is 0.361 e. The molecule has 1 aromatic carbocycles. The second kappa shape index (κ2) is 7.89. The first-order chi connectivity index (χ1) is 15.5. The van der Waals surface area contributed by atoms with Crippen molar-refractivity contribution in [2.75, 3.05) is 18.4 Å². The van der Waals surface area contributed by atoms with Crippen LogP contribution < -0.4 is 5.32 Å². The number of aromatic nitrogens is 4. The van der Waals surface area contributed by atoms with Crippen molar-refractivity contribution in [3.8, 4) is 0 Å². The lowest BCUT2D eigenvalue weighted by molar-refractivity contribution is 0.0764. The van der Waals surface area contributed by atoms with Crippen molar-refractivity contribution in [1.29, 1.82) is 0 Å². The van der Waals surface area contributed by atoms with Crippen LogP contribution in [0.4, 0.5) is 5.69 Å². The zero-order chi connectivity index (χ0) is 22.3.